The predicted octanol–water partition coefficient (Wildman–Crippen LogP) is 1.05. The highest BCUT2D eigenvalue weighted by atomic mass is 15.1. The first-order valence-corrected chi connectivity index (χ1v) is 3.88. The van der Waals surface area contributed by atoms with Crippen molar-refractivity contribution in [1.82, 2.24) is 0 Å². The van der Waals surface area contributed by atoms with E-state index in [4.69, 9.17) is 12.2 Å². The van der Waals surface area contributed by atoms with Crippen LogP contribution in [0.4, 0.5) is 5.69 Å². The Hall–Kier alpha value is -1.95. The van der Waals surface area contributed by atoms with Gasteiger partial charge < -0.3 is 11.1 Å². The van der Waals surface area contributed by atoms with Crippen molar-refractivity contribution in [2.45, 2.75) is 0 Å². The third-order valence-electron chi connectivity index (χ3n) is 1.39. The zero-order valence-electron chi connectivity index (χ0n) is 7.20. The van der Waals surface area contributed by atoms with Gasteiger partial charge in [0.15, 0.2) is 5.96 Å². The Balaban J connectivity index is 2.56. The summed E-state index contributed by atoms with van der Waals surface area (Å²) >= 11 is 0. The van der Waals surface area contributed by atoms with Crippen molar-refractivity contribution < 1.29 is 0 Å². The molecule has 0 atom stereocenters. The largest absolute Gasteiger partial charge is 0.370 e. The number of hydrogen-bond acceptors (Lipinski definition) is 1. The lowest BCUT2D eigenvalue weighted by Crippen LogP contribution is -2.22. The second-order valence-electron chi connectivity index (χ2n) is 2.40. The first kappa shape index (κ1) is 9.14. The molecule has 0 saturated carbocycles. The first-order chi connectivity index (χ1) is 6.33. The van der Waals surface area contributed by atoms with Crippen molar-refractivity contribution in [3.63, 3.8) is 0 Å². The van der Waals surface area contributed by atoms with E-state index < -0.39 is 0 Å². The molecule has 0 aliphatic rings. The highest BCUT2D eigenvalue weighted by Gasteiger charge is 1.90. The molecule has 1 rings (SSSR count). The molecule has 0 heterocycles. The van der Waals surface area contributed by atoms with Gasteiger partial charge in [0, 0.05) is 5.69 Å². The van der Waals surface area contributed by atoms with E-state index in [1.165, 1.54) is 0 Å². The van der Waals surface area contributed by atoms with E-state index in [0.717, 1.165) is 5.69 Å². The summed E-state index contributed by atoms with van der Waals surface area (Å²) in [6.07, 6.45) is 5.03. The molecular formula is C10H11N3. The predicted molar refractivity (Wildman–Crippen MR) is 55.4 cm³/mol. The van der Waals surface area contributed by atoms with Crippen molar-refractivity contribution in [3.05, 3.63) is 30.3 Å². The molecule has 0 aliphatic heterocycles. The van der Waals surface area contributed by atoms with Crippen LogP contribution in [-0.4, -0.2) is 12.5 Å². The molecule has 1 aromatic carbocycles. The number of hydrogen-bond donors (Lipinski definition) is 2. The number of guanidine groups is 1. The number of para-hydroxylation sites is 1. The Kier molecular flexibility index (Phi) is 3.40. The van der Waals surface area contributed by atoms with Crippen LogP contribution in [-0.2, 0) is 0 Å². The van der Waals surface area contributed by atoms with E-state index in [2.05, 4.69) is 16.2 Å². The maximum atomic E-state index is 5.54. The van der Waals surface area contributed by atoms with Gasteiger partial charge in [0.25, 0.3) is 0 Å². The Bertz CT molecular complexity index is 322. The number of nitrogens with one attached hydrogen (secondary N) is 1. The molecule has 0 amide bonds. The number of benzene rings is 1. The smallest absolute Gasteiger partial charge is 0.194 e. The molecule has 0 saturated heterocycles. The van der Waals surface area contributed by atoms with Crippen LogP contribution in [0.5, 0.6) is 0 Å². The molecule has 0 unspecified atom stereocenters. The fourth-order valence-corrected chi connectivity index (χ4v) is 0.840. The first-order valence-electron chi connectivity index (χ1n) is 3.88. The Morgan fingerprint density at radius 3 is 2.77 bits per heavy atom. The SMILES string of the molecule is C#CCN=C(N)Nc1ccccc1. The summed E-state index contributed by atoms with van der Waals surface area (Å²) in [5.74, 6) is 2.71. The van der Waals surface area contributed by atoms with Gasteiger partial charge in [-0.2, -0.15) is 0 Å². The second kappa shape index (κ2) is 4.83. The molecule has 0 spiro atoms. The standard InChI is InChI=1S/C10H11N3/c1-2-8-12-10(11)13-9-6-4-3-5-7-9/h1,3-7H,8H2,(H3,11,12,13). The quantitative estimate of drug-likeness (QED) is 0.399. The molecule has 0 aliphatic carbocycles. The van der Waals surface area contributed by atoms with Gasteiger partial charge in [0.2, 0.25) is 0 Å². The minimum absolute atomic E-state index is 0.297. The van der Waals surface area contributed by atoms with Gasteiger partial charge in [-0.05, 0) is 12.1 Å². The van der Waals surface area contributed by atoms with Crippen LogP contribution in [0.2, 0.25) is 0 Å². The monoisotopic (exact) mass is 173 g/mol. The topological polar surface area (TPSA) is 50.4 Å². The van der Waals surface area contributed by atoms with Crippen LogP contribution in [0.3, 0.4) is 0 Å². The summed E-state index contributed by atoms with van der Waals surface area (Å²) in [5, 5.41) is 2.91. The molecule has 0 aromatic heterocycles. The summed E-state index contributed by atoms with van der Waals surface area (Å²) in [6.45, 7) is 0.297. The maximum absolute atomic E-state index is 5.54. The van der Waals surface area contributed by atoms with Crippen LogP contribution < -0.4 is 11.1 Å². The fourth-order valence-electron chi connectivity index (χ4n) is 0.840. The molecule has 66 valence electrons. The van der Waals surface area contributed by atoms with Gasteiger partial charge >= 0.3 is 0 Å². The third kappa shape index (κ3) is 3.30. The number of anilines is 1. The van der Waals surface area contributed by atoms with Crippen molar-refractivity contribution in [2.75, 3.05) is 11.9 Å². The number of rotatable bonds is 2. The zero-order valence-corrected chi connectivity index (χ0v) is 7.20. The van der Waals surface area contributed by atoms with E-state index in [9.17, 15) is 0 Å². The van der Waals surface area contributed by atoms with E-state index in [1.807, 2.05) is 30.3 Å². The van der Waals surface area contributed by atoms with Crippen molar-refractivity contribution in [2.24, 2.45) is 10.7 Å². The molecule has 3 N–H and O–H groups in total. The number of nitrogens with zero attached hydrogens (tertiary/aromatic N) is 1. The highest BCUT2D eigenvalue weighted by Crippen LogP contribution is 2.03. The number of terminal acetylenes is 1. The molecule has 0 radical (unpaired) electrons. The van der Waals surface area contributed by atoms with Gasteiger partial charge in [-0.3, -0.25) is 0 Å². The van der Waals surface area contributed by atoms with Crippen molar-refractivity contribution in [3.8, 4) is 12.3 Å². The molecular weight excluding hydrogens is 162 g/mol. The summed E-state index contributed by atoms with van der Waals surface area (Å²) in [5.41, 5.74) is 6.44. The van der Waals surface area contributed by atoms with Crippen LogP contribution in [0.1, 0.15) is 0 Å². The van der Waals surface area contributed by atoms with Gasteiger partial charge in [-0.1, -0.05) is 24.1 Å². The lowest BCUT2D eigenvalue weighted by atomic mass is 10.3. The summed E-state index contributed by atoms with van der Waals surface area (Å²) < 4.78 is 0. The summed E-state index contributed by atoms with van der Waals surface area (Å²) in [7, 11) is 0. The lowest BCUT2D eigenvalue weighted by molar-refractivity contribution is 1.26. The molecule has 0 fully saturated rings. The van der Waals surface area contributed by atoms with Crippen LogP contribution in [0.25, 0.3) is 0 Å². The van der Waals surface area contributed by atoms with Crippen LogP contribution >= 0.6 is 0 Å². The number of aliphatic imine (C=N–C) groups is 1. The van der Waals surface area contributed by atoms with Crippen LogP contribution in [0, 0.1) is 12.3 Å². The molecule has 1 aromatic rings. The fraction of sp³-hybridized carbons (Fsp3) is 0.100. The molecule has 3 nitrogen and oxygen atoms in total. The van der Waals surface area contributed by atoms with Gasteiger partial charge in [0.05, 0.1) is 0 Å². The normalized spacial score (nSPS) is 10.5. The lowest BCUT2D eigenvalue weighted by Gasteiger charge is -2.03. The average Bonchev–Trinajstić information content (AvgIpc) is 2.16. The molecule has 13 heavy (non-hydrogen) atoms. The third-order valence-corrected chi connectivity index (χ3v) is 1.39. The van der Waals surface area contributed by atoms with Crippen molar-refractivity contribution >= 4 is 11.6 Å². The molecule has 3 heteroatoms. The minimum atomic E-state index is 0.297. The zero-order chi connectivity index (χ0) is 9.52. The maximum Gasteiger partial charge on any atom is 0.194 e. The summed E-state index contributed by atoms with van der Waals surface area (Å²) in [6, 6.07) is 9.56. The second-order valence-corrected chi connectivity index (χ2v) is 2.40. The Morgan fingerprint density at radius 1 is 1.46 bits per heavy atom. The summed E-state index contributed by atoms with van der Waals surface area (Å²) in [4.78, 5) is 3.89. The van der Waals surface area contributed by atoms with Gasteiger partial charge in [-0.15, -0.1) is 6.42 Å². The van der Waals surface area contributed by atoms with E-state index in [1.54, 1.807) is 0 Å². The minimum Gasteiger partial charge on any atom is -0.370 e. The Morgan fingerprint density at radius 2 is 2.15 bits per heavy atom. The Labute approximate surface area is 77.7 Å². The van der Waals surface area contributed by atoms with Crippen LogP contribution in [0.15, 0.2) is 35.3 Å². The van der Waals surface area contributed by atoms with Gasteiger partial charge in [-0.25, -0.2) is 4.99 Å². The number of nitrogens with two attached hydrogens (primary N) is 1. The van der Waals surface area contributed by atoms with Gasteiger partial charge in [0.1, 0.15) is 6.54 Å². The van der Waals surface area contributed by atoms with E-state index >= 15 is 0 Å². The van der Waals surface area contributed by atoms with E-state index in [0.29, 0.717) is 12.5 Å². The average molecular weight is 173 g/mol. The van der Waals surface area contributed by atoms with E-state index in [-0.39, 0.29) is 0 Å². The van der Waals surface area contributed by atoms with Crippen molar-refractivity contribution in [1.29, 1.82) is 0 Å². The highest BCUT2D eigenvalue weighted by molar-refractivity contribution is 5.92. The molecule has 0 bridgehead atoms.